The fourth-order valence-corrected chi connectivity index (χ4v) is 2.73. The lowest BCUT2D eigenvalue weighted by molar-refractivity contribution is 0.373. The molecule has 1 aromatic heterocycles. The van der Waals surface area contributed by atoms with E-state index in [1.807, 2.05) is 6.07 Å². The number of rotatable bonds is 6. The minimum Gasteiger partial charge on any atom is -0.504 e. The minimum atomic E-state index is 0.143. The van der Waals surface area contributed by atoms with E-state index < -0.39 is 0 Å². The number of aromatic nitrogens is 2. The highest BCUT2D eigenvalue weighted by atomic mass is 32.1. The van der Waals surface area contributed by atoms with Gasteiger partial charge in [-0.1, -0.05) is 31.3 Å². The summed E-state index contributed by atoms with van der Waals surface area (Å²) in [5.74, 6) is 1.20. The van der Waals surface area contributed by atoms with Gasteiger partial charge in [0.05, 0.1) is 7.11 Å². The van der Waals surface area contributed by atoms with Crippen LogP contribution in [0.4, 0.5) is 5.13 Å². The molecule has 6 heteroatoms. The molecule has 1 heterocycles. The normalized spacial score (nSPS) is 10.8. The molecule has 0 fully saturated rings. The van der Waals surface area contributed by atoms with Crippen LogP contribution >= 0.6 is 11.3 Å². The summed E-state index contributed by atoms with van der Waals surface area (Å²) in [5.41, 5.74) is 0.962. The van der Waals surface area contributed by atoms with Gasteiger partial charge >= 0.3 is 0 Å². The van der Waals surface area contributed by atoms with Gasteiger partial charge in [0.2, 0.25) is 5.13 Å². The molecule has 0 aliphatic heterocycles. The average Bonchev–Trinajstić information content (AvgIpc) is 2.83. The number of phenolic OH excluding ortho intramolecular Hbond substituents is 1. The number of nitrogens with one attached hydrogen (secondary N) is 1. The Morgan fingerprint density at radius 2 is 2.15 bits per heavy atom. The summed E-state index contributed by atoms with van der Waals surface area (Å²) in [6.45, 7) is 4.91. The summed E-state index contributed by atoms with van der Waals surface area (Å²) < 4.78 is 5.01. The molecule has 2 N–H and O–H groups in total. The lowest BCUT2D eigenvalue weighted by atomic mass is 10.1. The van der Waals surface area contributed by atoms with Crippen LogP contribution in [0.25, 0.3) is 0 Å². The number of hydrogen-bond acceptors (Lipinski definition) is 6. The van der Waals surface area contributed by atoms with Crippen LogP contribution in [-0.4, -0.2) is 22.4 Å². The summed E-state index contributed by atoms with van der Waals surface area (Å²) in [4.78, 5) is 0. The molecule has 108 valence electrons. The number of aromatic hydroxyl groups is 1. The predicted molar refractivity (Wildman–Crippen MR) is 80.4 cm³/mol. The molecule has 0 unspecified atom stereocenters. The highest BCUT2D eigenvalue weighted by molar-refractivity contribution is 7.15. The molecule has 0 radical (unpaired) electrons. The van der Waals surface area contributed by atoms with E-state index in [9.17, 15) is 5.11 Å². The maximum atomic E-state index is 9.71. The van der Waals surface area contributed by atoms with Gasteiger partial charge in [0, 0.05) is 13.0 Å². The van der Waals surface area contributed by atoms with Crippen molar-refractivity contribution < 1.29 is 9.84 Å². The molecule has 20 heavy (non-hydrogen) atoms. The molecule has 0 saturated heterocycles. The maximum absolute atomic E-state index is 9.71. The van der Waals surface area contributed by atoms with Gasteiger partial charge in [-0.25, -0.2) is 0 Å². The quantitative estimate of drug-likeness (QED) is 0.856. The SMILES string of the molecule is COc1ccc(CNc2nnc(CC(C)C)s2)cc1O. The van der Waals surface area contributed by atoms with Crippen molar-refractivity contribution in [2.75, 3.05) is 12.4 Å². The first kappa shape index (κ1) is 14.6. The monoisotopic (exact) mass is 293 g/mol. The molecular weight excluding hydrogens is 274 g/mol. The Morgan fingerprint density at radius 1 is 1.35 bits per heavy atom. The first-order chi connectivity index (χ1) is 9.58. The fourth-order valence-electron chi connectivity index (χ4n) is 1.78. The molecule has 2 rings (SSSR count). The molecule has 0 aliphatic carbocycles. The molecule has 0 amide bonds. The zero-order chi connectivity index (χ0) is 14.5. The van der Waals surface area contributed by atoms with Crippen molar-refractivity contribution in [1.29, 1.82) is 0 Å². The van der Waals surface area contributed by atoms with Gasteiger partial charge in [-0.15, -0.1) is 10.2 Å². The van der Waals surface area contributed by atoms with Crippen LogP contribution in [0.5, 0.6) is 11.5 Å². The number of hydrogen-bond donors (Lipinski definition) is 2. The summed E-state index contributed by atoms with van der Waals surface area (Å²) in [5, 5.41) is 23.0. The molecule has 5 nitrogen and oxygen atoms in total. The molecule has 0 atom stereocenters. The van der Waals surface area contributed by atoms with Crippen molar-refractivity contribution in [1.82, 2.24) is 10.2 Å². The maximum Gasteiger partial charge on any atom is 0.205 e. The Bertz CT molecular complexity index is 569. The zero-order valence-electron chi connectivity index (χ0n) is 11.9. The second-order valence-electron chi connectivity index (χ2n) is 4.96. The molecule has 0 saturated carbocycles. The van der Waals surface area contributed by atoms with Crippen LogP contribution in [0.2, 0.25) is 0 Å². The van der Waals surface area contributed by atoms with Crippen molar-refractivity contribution in [2.45, 2.75) is 26.8 Å². The van der Waals surface area contributed by atoms with Gasteiger partial charge in [-0.05, 0) is 23.6 Å². The minimum absolute atomic E-state index is 0.143. The summed E-state index contributed by atoms with van der Waals surface area (Å²) in [6.07, 6.45) is 0.947. The van der Waals surface area contributed by atoms with E-state index in [0.717, 1.165) is 22.1 Å². The Hall–Kier alpha value is -1.82. The highest BCUT2D eigenvalue weighted by Gasteiger charge is 2.07. The highest BCUT2D eigenvalue weighted by Crippen LogP contribution is 2.27. The van der Waals surface area contributed by atoms with E-state index in [1.165, 1.54) is 7.11 Å². The lowest BCUT2D eigenvalue weighted by Gasteiger charge is -2.06. The number of anilines is 1. The largest absolute Gasteiger partial charge is 0.504 e. The topological polar surface area (TPSA) is 67.3 Å². The van der Waals surface area contributed by atoms with Crippen molar-refractivity contribution in [2.24, 2.45) is 5.92 Å². The standard InChI is InChI=1S/C14H19N3O2S/c1-9(2)6-13-16-17-14(20-13)15-8-10-4-5-12(19-3)11(18)7-10/h4-5,7,9,18H,6,8H2,1-3H3,(H,15,17). The number of nitrogens with zero attached hydrogens (tertiary/aromatic N) is 2. The zero-order valence-corrected chi connectivity index (χ0v) is 12.7. The first-order valence-electron chi connectivity index (χ1n) is 6.50. The Kier molecular flexibility index (Phi) is 4.79. The van der Waals surface area contributed by atoms with E-state index in [1.54, 1.807) is 23.5 Å². The Morgan fingerprint density at radius 3 is 2.80 bits per heavy atom. The summed E-state index contributed by atoms with van der Waals surface area (Å²) >= 11 is 1.57. The molecule has 0 aliphatic rings. The number of benzene rings is 1. The van der Waals surface area contributed by atoms with Crippen LogP contribution in [-0.2, 0) is 13.0 Å². The third-order valence-corrected chi connectivity index (χ3v) is 3.64. The molecule has 2 aromatic rings. The van der Waals surface area contributed by atoms with Gasteiger partial charge < -0.3 is 15.2 Å². The van der Waals surface area contributed by atoms with Gasteiger partial charge in [-0.2, -0.15) is 0 Å². The third kappa shape index (κ3) is 3.84. The number of methoxy groups -OCH3 is 1. The van der Waals surface area contributed by atoms with Crippen LogP contribution in [0.3, 0.4) is 0 Å². The van der Waals surface area contributed by atoms with Crippen molar-refractivity contribution in [3.05, 3.63) is 28.8 Å². The van der Waals surface area contributed by atoms with E-state index in [0.29, 0.717) is 18.2 Å². The van der Waals surface area contributed by atoms with Crippen molar-refractivity contribution in [3.8, 4) is 11.5 Å². The number of phenols is 1. The third-order valence-electron chi connectivity index (χ3n) is 2.74. The first-order valence-corrected chi connectivity index (χ1v) is 7.32. The molecule has 0 bridgehead atoms. The second kappa shape index (κ2) is 6.56. The molecular formula is C14H19N3O2S. The van der Waals surface area contributed by atoms with Gasteiger partial charge in [0.1, 0.15) is 5.01 Å². The van der Waals surface area contributed by atoms with Crippen LogP contribution in [0.15, 0.2) is 18.2 Å². The fraction of sp³-hybridized carbons (Fsp3) is 0.429. The van der Waals surface area contributed by atoms with Crippen molar-refractivity contribution >= 4 is 16.5 Å². The molecule has 1 aromatic carbocycles. The van der Waals surface area contributed by atoms with E-state index in [-0.39, 0.29) is 5.75 Å². The van der Waals surface area contributed by atoms with Crippen LogP contribution in [0, 0.1) is 5.92 Å². The van der Waals surface area contributed by atoms with E-state index in [4.69, 9.17) is 4.74 Å². The average molecular weight is 293 g/mol. The van der Waals surface area contributed by atoms with E-state index in [2.05, 4.69) is 29.4 Å². The lowest BCUT2D eigenvalue weighted by Crippen LogP contribution is -1.99. The second-order valence-corrected chi connectivity index (χ2v) is 6.02. The number of ether oxygens (including phenoxy) is 1. The van der Waals surface area contributed by atoms with Crippen molar-refractivity contribution in [3.63, 3.8) is 0 Å². The van der Waals surface area contributed by atoms with Gasteiger partial charge in [0.25, 0.3) is 0 Å². The smallest absolute Gasteiger partial charge is 0.205 e. The van der Waals surface area contributed by atoms with Crippen LogP contribution in [0.1, 0.15) is 24.4 Å². The molecule has 0 spiro atoms. The van der Waals surface area contributed by atoms with E-state index >= 15 is 0 Å². The van der Waals surface area contributed by atoms with Crippen LogP contribution < -0.4 is 10.1 Å². The predicted octanol–water partition coefficient (Wildman–Crippen LogP) is 3.06. The summed E-state index contributed by atoms with van der Waals surface area (Å²) in [7, 11) is 1.53. The Labute approximate surface area is 122 Å². The van der Waals surface area contributed by atoms with Gasteiger partial charge in [0.15, 0.2) is 11.5 Å². The summed E-state index contributed by atoms with van der Waals surface area (Å²) in [6, 6.07) is 5.33. The van der Waals surface area contributed by atoms with Gasteiger partial charge in [-0.3, -0.25) is 0 Å². The Balaban J connectivity index is 1.94.